The second kappa shape index (κ2) is 6.71. The van der Waals surface area contributed by atoms with Crippen LogP contribution in [-0.2, 0) is 9.53 Å². The second-order valence-electron chi connectivity index (χ2n) is 3.22. The molecule has 0 unspecified atom stereocenters. The molecule has 0 radical (unpaired) electrons. The number of esters is 1. The first-order valence-corrected chi connectivity index (χ1v) is 5.12. The van der Waals surface area contributed by atoms with E-state index in [1.54, 1.807) is 7.11 Å². The molecule has 4 nitrogen and oxygen atoms in total. The Balaban J connectivity index is 2.19. The number of rotatable bonds is 6. The fraction of sp³-hybridized carbons (Fsp3) is 0.417. The molecular formula is C12H16O4. The van der Waals surface area contributed by atoms with Gasteiger partial charge in [0, 0.05) is 13.3 Å². The summed E-state index contributed by atoms with van der Waals surface area (Å²) in [5.74, 6) is 1.32. The molecule has 0 saturated heterocycles. The lowest BCUT2D eigenvalue weighted by Crippen LogP contribution is -2.05. The highest BCUT2D eigenvalue weighted by atomic mass is 16.5. The predicted octanol–water partition coefficient (Wildman–Crippen LogP) is 2.03. The zero-order valence-electron chi connectivity index (χ0n) is 9.56. The number of carbonyl (C=O) groups excluding carboxylic acids is 1. The summed E-state index contributed by atoms with van der Waals surface area (Å²) in [5, 5.41) is 0. The molecule has 0 atom stereocenters. The van der Waals surface area contributed by atoms with Crippen LogP contribution in [0, 0.1) is 0 Å². The van der Waals surface area contributed by atoms with E-state index in [2.05, 4.69) is 0 Å². The predicted molar refractivity (Wildman–Crippen MR) is 59.7 cm³/mol. The highest BCUT2D eigenvalue weighted by molar-refractivity contribution is 5.65. The van der Waals surface area contributed by atoms with Crippen LogP contribution in [-0.4, -0.2) is 26.3 Å². The number of carbonyl (C=O) groups is 1. The smallest absolute Gasteiger partial charge is 0.302 e. The number of methoxy groups -OCH3 is 1. The molecule has 0 aromatic heterocycles. The number of benzene rings is 1. The van der Waals surface area contributed by atoms with Gasteiger partial charge in [-0.1, -0.05) is 0 Å². The van der Waals surface area contributed by atoms with Crippen molar-refractivity contribution in [3.8, 4) is 11.5 Å². The van der Waals surface area contributed by atoms with Gasteiger partial charge in [0.05, 0.1) is 20.3 Å². The maximum atomic E-state index is 10.5. The lowest BCUT2D eigenvalue weighted by atomic mass is 10.3. The molecule has 1 aromatic carbocycles. The molecule has 0 saturated carbocycles. The van der Waals surface area contributed by atoms with Crippen molar-refractivity contribution in [2.24, 2.45) is 0 Å². The van der Waals surface area contributed by atoms with E-state index in [1.807, 2.05) is 24.3 Å². The van der Waals surface area contributed by atoms with E-state index in [0.717, 1.165) is 11.5 Å². The van der Waals surface area contributed by atoms with E-state index in [0.29, 0.717) is 19.6 Å². The average Bonchev–Trinajstić information content (AvgIpc) is 2.29. The van der Waals surface area contributed by atoms with Crippen molar-refractivity contribution in [3.05, 3.63) is 24.3 Å². The van der Waals surface area contributed by atoms with E-state index in [-0.39, 0.29) is 5.97 Å². The Morgan fingerprint density at radius 1 is 1.12 bits per heavy atom. The molecule has 0 N–H and O–H groups in total. The van der Waals surface area contributed by atoms with E-state index in [1.165, 1.54) is 6.92 Å². The Hall–Kier alpha value is -1.71. The van der Waals surface area contributed by atoms with E-state index in [4.69, 9.17) is 14.2 Å². The molecule has 1 aromatic rings. The van der Waals surface area contributed by atoms with Crippen molar-refractivity contribution >= 4 is 5.97 Å². The summed E-state index contributed by atoms with van der Waals surface area (Å²) in [6.45, 7) is 2.31. The Labute approximate surface area is 95.1 Å². The molecule has 0 aliphatic rings. The lowest BCUT2D eigenvalue weighted by molar-refractivity contribution is -0.141. The molecule has 4 heteroatoms. The summed E-state index contributed by atoms with van der Waals surface area (Å²) in [4.78, 5) is 10.5. The van der Waals surface area contributed by atoms with Crippen LogP contribution in [0.15, 0.2) is 24.3 Å². The lowest BCUT2D eigenvalue weighted by Gasteiger charge is -2.06. The van der Waals surface area contributed by atoms with Gasteiger partial charge in [-0.05, 0) is 24.3 Å². The van der Waals surface area contributed by atoms with Gasteiger partial charge < -0.3 is 14.2 Å². The van der Waals surface area contributed by atoms with Gasteiger partial charge in [-0.2, -0.15) is 0 Å². The summed E-state index contributed by atoms with van der Waals surface area (Å²) in [5.41, 5.74) is 0. The minimum atomic E-state index is -0.260. The number of hydrogen-bond donors (Lipinski definition) is 0. The summed E-state index contributed by atoms with van der Waals surface area (Å²) < 4.78 is 15.2. The first-order chi connectivity index (χ1) is 7.72. The molecule has 0 aliphatic heterocycles. The van der Waals surface area contributed by atoms with Gasteiger partial charge in [-0.3, -0.25) is 4.79 Å². The molecule has 0 fully saturated rings. The van der Waals surface area contributed by atoms with Crippen LogP contribution in [0.1, 0.15) is 13.3 Å². The Morgan fingerprint density at radius 3 is 2.31 bits per heavy atom. The molecule has 1 rings (SSSR count). The number of hydrogen-bond acceptors (Lipinski definition) is 4. The highest BCUT2D eigenvalue weighted by Gasteiger charge is 1.96. The minimum absolute atomic E-state index is 0.260. The van der Waals surface area contributed by atoms with Crippen LogP contribution in [0.25, 0.3) is 0 Å². The van der Waals surface area contributed by atoms with Crippen LogP contribution < -0.4 is 9.47 Å². The summed E-state index contributed by atoms with van der Waals surface area (Å²) in [6, 6.07) is 7.35. The third-order valence-electron chi connectivity index (χ3n) is 1.92. The fourth-order valence-corrected chi connectivity index (χ4v) is 1.14. The summed E-state index contributed by atoms with van der Waals surface area (Å²) in [6.07, 6.45) is 0.686. The molecule has 0 aliphatic carbocycles. The molecule has 0 amide bonds. The van der Waals surface area contributed by atoms with E-state index in [9.17, 15) is 4.79 Å². The average molecular weight is 224 g/mol. The van der Waals surface area contributed by atoms with Gasteiger partial charge in [-0.25, -0.2) is 0 Å². The maximum absolute atomic E-state index is 10.5. The van der Waals surface area contributed by atoms with Crippen LogP contribution >= 0.6 is 0 Å². The normalized spacial score (nSPS) is 9.62. The largest absolute Gasteiger partial charge is 0.497 e. The van der Waals surface area contributed by atoms with Gasteiger partial charge in [0.2, 0.25) is 0 Å². The third kappa shape index (κ3) is 4.68. The van der Waals surface area contributed by atoms with Crippen molar-refractivity contribution in [3.63, 3.8) is 0 Å². The fourth-order valence-electron chi connectivity index (χ4n) is 1.14. The van der Waals surface area contributed by atoms with E-state index < -0.39 is 0 Å². The zero-order valence-corrected chi connectivity index (χ0v) is 9.56. The molecule has 0 spiro atoms. The van der Waals surface area contributed by atoms with Crippen LogP contribution in [0.2, 0.25) is 0 Å². The van der Waals surface area contributed by atoms with Crippen molar-refractivity contribution in [2.45, 2.75) is 13.3 Å². The van der Waals surface area contributed by atoms with Crippen LogP contribution in [0.3, 0.4) is 0 Å². The molecule has 0 bridgehead atoms. The highest BCUT2D eigenvalue weighted by Crippen LogP contribution is 2.16. The summed E-state index contributed by atoms with van der Waals surface area (Å²) in [7, 11) is 1.62. The Morgan fingerprint density at radius 2 is 1.75 bits per heavy atom. The third-order valence-corrected chi connectivity index (χ3v) is 1.92. The topological polar surface area (TPSA) is 44.8 Å². The van der Waals surface area contributed by atoms with Gasteiger partial charge in [0.1, 0.15) is 11.5 Å². The SMILES string of the molecule is COc1ccc(OCCCOC(C)=O)cc1. The quantitative estimate of drug-likeness (QED) is 0.548. The molecule has 16 heavy (non-hydrogen) atoms. The Kier molecular flexibility index (Phi) is 5.19. The minimum Gasteiger partial charge on any atom is -0.497 e. The van der Waals surface area contributed by atoms with Crippen molar-refractivity contribution < 1.29 is 19.0 Å². The first-order valence-electron chi connectivity index (χ1n) is 5.12. The van der Waals surface area contributed by atoms with Gasteiger partial charge in [-0.15, -0.1) is 0 Å². The van der Waals surface area contributed by atoms with Gasteiger partial charge >= 0.3 is 5.97 Å². The summed E-state index contributed by atoms with van der Waals surface area (Å²) >= 11 is 0. The van der Waals surface area contributed by atoms with Crippen LogP contribution in [0.5, 0.6) is 11.5 Å². The number of ether oxygens (including phenoxy) is 3. The van der Waals surface area contributed by atoms with Gasteiger partial charge in [0.15, 0.2) is 0 Å². The van der Waals surface area contributed by atoms with Crippen molar-refractivity contribution in [1.29, 1.82) is 0 Å². The maximum Gasteiger partial charge on any atom is 0.302 e. The monoisotopic (exact) mass is 224 g/mol. The van der Waals surface area contributed by atoms with Crippen molar-refractivity contribution in [1.82, 2.24) is 0 Å². The molecule has 0 heterocycles. The van der Waals surface area contributed by atoms with Gasteiger partial charge in [0.25, 0.3) is 0 Å². The van der Waals surface area contributed by atoms with E-state index >= 15 is 0 Å². The standard InChI is InChI=1S/C12H16O4/c1-10(13)15-8-3-9-16-12-6-4-11(14-2)5-7-12/h4-7H,3,8-9H2,1-2H3. The zero-order chi connectivity index (χ0) is 11.8. The molecule has 88 valence electrons. The first kappa shape index (κ1) is 12.4. The van der Waals surface area contributed by atoms with Crippen LogP contribution in [0.4, 0.5) is 0 Å². The Bertz CT molecular complexity index is 318. The molecular weight excluding hydrogens is 208 g/mol. The van der Waals surface area contributed by atoms with Crippen molar-refractivity contribution in [2.75, 3.05) is 20.3 Å². The second-order valence-corrected chi connectivity index (χ2v) is 3.22.